The summed E-state index contributed by atoms with van der Waals surface area (Å²) >= 11 is 0. The minimum absolute atomic E-state index is 0.290. The van der Waals surface area contributed by atoms with Crippen molar-refractivity contribution in [1.82, 2.24) is 15.1 Å². The maximum absolute atomic E-state index is 12.5. The van der Waals surface area contributed by atoms with Crippen LogP contribution < -0.4 is 5.32 Å². The van der Waals surface area contributed by atoms with Crippen LogP contribution in [0, 0.1) is 11.8 Å². The lowest BCUT2D eigenvalue weighted by molar-refractivity contribution is -0.151. The molecule has 1 atom stereocenters. The number of carbonyl (C=O) groups excluding carboxylic acids is 2. The fourth-order valence-electron chi connectivity index (χ4n) is 3.31. The van der Waals surface area contributed by atoms with Crippen molar-refractivity contribution in [3.63, 3.8) is 0 Å². The third-order valence-electron chi connectivity index (χ3n) is 4.81. The number of nitrogens with zero attached hydrogens (tertiary/aromatic N) is 2. The molecule has 2 aliphatic rings. The van der Waals surface area contributed by atoms with Gasteiger partial charge in [0.25, 0.3) is 0 Å². The van der Waals surface area contributed by atoms with Crippen LogP contribution in [0.15, 0.2) is 0 Å². The SMILES string of the molecule is CC(C)C1CCCN(C(=O)C(=O)N2CCCNCC2)CC1. The van der Waals surface area contributed by atoms with Crippen molar-refractivity contribution >= 4 is 11.8 Å². The molecule has 2 heterocycles. The first-order valence-corrected chi connectivity index (χ1v) is 8.38. The van der Waals surface area contributed by atoms with Crippen molar-refractivity contribution in [2.24, 2.45) is 11.8 Å². The second kappa shape index (κ2) is 7.78. The average molecular weight is 295 g/mol. The number of amides is 2. The van der Waals surface area contributed by atoms with E-state index in [-0.39, 0.29) is 11.8 Å². The van der Waals surface area contributed by atoms with Crippen molar-refractivity contribution in [2.45, 2.75) is 39.5 Å². The van der Waals surface area contributed by atoms with E-state index in [1.54, 1.807) is 9.80 Å². The highest BCUT2D eigenvalue weighted by Crippen LogP contribution is 2.24. The molecule has 1 N–H and O–H groups in total. The highest BCUT2D eigenvalue weighted by molar-refractivity contribution is 6.34. The van der Waals surface area contributed by atoms with Crippen LogP contribution in [0.5, 0.6) is 0 Å². The Bertz CT molecular complexity index is 363. The summed E-state index contributed by atoms with van der Waals surface area (Å²) in [6.45, 7) is 9.02. The number of likely N-dealkylation sites (tertiary alicyclic amines) is 1. The Morgan fingerprint density at radius 3 is 2.29 bits per heavy atom. The minimum Gasteiger partial charge on any atom is -0.334 e. The van der Waals surface area contributed by atoms with Crippen LogP contribution >= 0.6 is 0 Å². The summed E-state index contributed by atoms with van der Waals surface area (Å²) in [5.74, 6) is 0.746. The van der Waals surface area contributed by atoms with Gasteiger partial charge in [0.2, 0.25) is 0 Å². The Kier molecular flexibility index (Phi) is 6.03. The summed E-state index contributed by atoms with van der Waals surface area (Å²) in [5.41, 5.74) is 0. The summed E-state index contributed by atoms with van der Waals surface area (Å²) in [6.07, 6.45) is 4.14. The molecule has 5 heteroatoms. The second-order valence-electron chi connectivity index (χ2n) is 6.62. The van der Waals surface area contributed by atoms with Crippen LogP contribution in [0.2, 0.25) is 0 Å². The zero-order valence-corrected chi connectivity index (χ0v) is 13.4. The van der Waals surface area contributed by atoms with Crippen LogP contribution in [0.4, 0.5) is 0 Å². The first-order chi connectivity index (χ1) is 10.1. The van der Waals surface area contributed by atoms with Gasteiger partial charge in [-0.25, -0.2) is 0 Å². The van der Waals surface area contributed by atoms with E-state index in [2.05, 4.69) is 19.2 Å². The van der Waals surface area contributed by atoms with Crippen molar-refractivity contribution < 1.29 is 9.59 Å². The molecule has 0 aliphatic carbocycles. The fourth-order valence-corrected chi connectivity index (χ4v) is 3.31. The van der Waals surface area contributed by atoms with E-state index in [9.17, 15) is 9.59 Å². The van der Waals surface area contributed by atoms with E-state index < -0.39 is 0 Å². The Morgan fingerprint density at radius 1 is 0.905 bits per heavy atom. The Morgan fingerprint density at radius 2 is 1.57 bits per heavy atom. The molecule has 2 saturated heterocycles. The number of nitrogens with one attached hydrogen (secondary N) is 1. The molecule has 1 unspecified atom stereocenters. The van der Waals surface area contributed by atoms with Gasteiger partial charge in [-0.15, -0.1) is 0 Å². The van der Waals surface area contributed by atoms with E-state index in [1.165, 1.54) is 6.42 Å². The molecule has 0 radical (unpaired) electrons. The van der Waals surface area contributed by atoms with Gasteiger partial charge in [0.1, 0.15) is 0 Å². The maximum atomic E-state index is 12.5. The van der Waals surface area contributed by atoms with Crippen LogP contribution in [0.3, 0.4) is 0 Å². The van der Waals surface area contributed by atoms with Gasteiger partial charge in [-0.1, -0.05) is 13.8 Å². The van der Waals surface area contributed by atoms with Crippen molar-refractivity contribution in [3.05, 3.63) is 0 Å². The zero-order chi connectivity index (χ0) is 15.2. The third kappa shape index (κ3) is 4.43. The molecule has 0 spiro atoms. The van der Waals surface area contributed by atoms with E-state index in [4.69, 9.17) is 0 Å². The van der Waals surface area contributed by atoms with Gasteiger partial charge < -0.3 is 15.1 Å². The van der Waals surface area contributed by atoms with Gasteiger partial charge in [0.15, 0.2) is 0 Å². The molecular formula is C16H29N3O2. The molecule has 0 bridgehead atoms. The van der Waals surface area contributed by atoms with E-state index in [0.29, 0.717) is 24.9 Å². The van der Waals surface area contributed by atoms with Crippen LogP contribution in [0.25, 0.3) is 0 Å². The number of hydrogen-bond acceptors (Lipinski definition) is 3. The summed E-state index contributed by atoms with van der Waals surface area (Å²) in [4.78, 5) is 28.3. The molecule has 0 aromatic rings. The van der Waals surface area contributed by atoms with Crippen LogP contribution in [0.1, 0.15) is 39.5 Å². The Labute approximate surface area is 128 Å². The number of carbonyl (C=O) groups is 2. The quantitative estimate of drug-likeness (QED) is 0.737. The third-order valence-corrected chi connectivity index (χ3v) is 4.81. The van der Waals surface area contributed by atoms with E-state index >= 15 is 0 Å². The van der Waals surface area contributed by atoms with Gasteiger partial charge in [0, 0.05) is 32.7 Å². The fraction of sp³-hybridized carbons (Fsp3) is 0.875. The second-order valence-corrected chi connectivity index (χ2v) is 6.62. The molecule has 120 valence electrons. The molecule has 5 nitrogen and oxygen atoms in total. The van der Waals surface area contributed by atoms with Gasteiger partial charge in [-0.3, -0.25) is 9.59 Å². The summed E-state index contributed by atoms with van der Waals surface area (Å²) in [6, 6.07) is 0. The molecule has 0 saturated carbocycles. The lowest BCUT2D eigenvalue weighted by atomic mass is 9.89. The van der Waals surface area contributed by atoms with Crippen molar-refractivity contribution in [2.75, 3.05) is 39.3 Å². The Hall–Kier alpha value is -1.10. The molecule has 0 aromatic heterocycles. The lowest BCUT2D eigenvalue weighted by Gasteiger charge is -2.25. The zero-order valence-electron chi connectivity index (χ0n) is 13.4. The van der Waals surface area contributed by atoms with Crippen molar-refractivity contribution in [1.29, 1.82) is 0 Å². The van der Waals surface area contributed by atoms with E-state index in [0.717, 1.165) is 45.4 Å². The van der Waals surface area contributed by atoms with Gasteiger partial charge in [-0.2, -0.15) is 0 Å². The first-order valence-electron chi connectivity index (χ1n) is 8.38. The first kappa shape index (κ1) is 16.3. The molecule has 2 fully saturated rings. The molecule has 2 amide bonds. The maximum Gasteiger partial charge on any atom is 0.312 e. The van der Waals surface area contributed by atoms with E-state index in [1.807, 2.05) is 0 Å². The summed E-state index contributed by atoms with van der Waals surface area (Å²) in [7, 11) is 0. The standard InChI is InChI=1S/C16H29N3O2/c1-13(2)14-5-3-9-18(11-6-14)15(20)16(21)19-10-4-7-17-8-12-19/h13-14,17H,3-12H2,1-2H3. The highest BCUT2D eigenvalue weighted by Gasteiger charge is 2.29. The number of hydrogen-bond donors (Lipinski definition) is 1. The smallest absolute Gasteiger partial charge is 0.312 e. The predicted molar refractivity (Wildman–Crippen MR) is 82.8 cm³/mol. The normalized spacial score (nSPS) is 24.6. The summed E-state index contributed by atoms with van der Waals surface area (Å²) in [5, 5.41) is 3.26. The predicted octanol–water partition coefficient (Wildman–Crippen LogP) is 1.09. The molecule has 0 aromatic carbocycles. The van der Waals surface area contributed by atoms with Crippen LogP contribution in [-0.4, -0.2) is 60.9 Å². The van der Waals surface area contributed by atoms with Gasteiger partial charge >= 0.3 is 11.8 Å². The lowest BCUT2D eigenvalue weighted by Crippen LogP contribution is -2.46. The number of rotatable bonds is 1. The van der Waals surface area contributed by atoms with Gasteiger partial charge in [-0.05, 0) is 44.1 Å². The average Bonchev–Trinajstić information content (AvgIpc) is 2.88. The topological polar surface area (TPSA) is 52.7 Å². The molecule has 21 heavy (non-hydrogen) atoms. The highest BCUT2D eigenvalue weighted by atomic mass is 16.2. The van der Waals surface area contributed by atoms with Gasteiger partial charge in [0.05, 0.1) is 0 Å². The monoisotopic (exact) mass is 295 g/mol. The largest absolute Gasteiger partial charge is 0.334 e. The Balaban J connectivity index is 1.90. The molecular weight excluding hydrogens is 266 g/mol. The van der Waals surface area contributed by atoms with Crippen LogP contribution in [-0.2, 0) is 9.59 Å². The van der Waals surface area contributed by atoms with Crippen molar-refractivity contribution in [3.8, 4) is 0 Å². The minimum atomic E-state index is -0.304. The summed E-state index contributed by atoms with van der Waals surface area (Å²) < 4.78 is 0. The molecule has 2 aliphatic heterocycles. The molecule has 2 rings (SSSR count).